The lowest BCUT2D eigenvalue weighted by Crippen LogP contribution is -2.28. The molecule has 0 saturated heterocycles. The molecule has 0 aromatic carbocycles. The molecule has 1 atom stereocenters. The van der Waals surface area contributed by atoms with Crippen LogP contribution in [-0.2, 0) is 19.1 Å². The Morgan fingerprint density at radius 3 is 0.714 bits per heavy atom. The Morgan fingerprint density at radius 1 is 0.274 bits per heavy atom. The molecular weight excluding hydrogens is 1030 g/mol. The largest absolute Gasteiger partial charge is 0.462 e. The Labute approximate surface area is 518 Å². The molecule has 0 spiro atoms. The van der Waals surface area contributed by atoms with Crippen molar-refractivity contribution >= 4 is 11.9 Å². The van der Waals surface area contributed by atoms with Crippen molar-refractivity contribution in [2.75, 3.05) is 13.2 Å². The molecule has 0 rings (SSSR count). The SMILES string of the molecule is CC/C=C\C/C=C\C/C=C\C/C=C\C/C=C\C/C=C\C/C=C\C/C=C\C/C=C\C/C=C\CCCCCCCCCCC(=O)OC(CO)COC(=O)CCCCCCCCCCCCCC/C=C\C/C=C\C/C=C\C/C=C\C/C=C\C/C=C\CC. The molecule has 0 aliphatic rings. The molecule has 5 nitrogen and oxygen atoms in total. The van der Waals surface area contributed by atoms with E-state index in [1.165, 1.54) is 96.3 Å². The van der Waals surface area contributed by atoms with Gasteiger partial charge in [0.2, 0.25) is 0 Å². The molecule has 0 aromatic rings. The van der Waals surface area contributed by atoms with Crippen LogP contribution in [0.25, 0.3) is 0 Å². The number of carbonyl (C=O) groups excluding carboxylic acids is 2. The lowest BCUT2D eigenvalue weighted by Gasteiger charge is -2.15. The van der Waals surface area contributed by atoms with E-state index in [0.717, 1.165) is 148 Å². The van der Waals surface area contributed by atoms with Crippen molar-refractivity contribution in [1.29, 1.82) is 0 Å². The number of hydrogen-bond donors (Lipinski definition) is 1. The molecule has 0 saturated carbocycles. The van der Waals surface area contributed by atoms with Gasteiger partial charge in [-0.05, 0) is 141 Å². The summed E-state index contributed by atoms with van der Waals surface area (Å²) in [5.41, 5.74) is 0. The van der Waals surface area contributed by atoms with Gasteiger partial charge in [-0.3, -0.25) is 9.59 Å². The molecule has 1 unspecified atom stereocenters. The zero-order valence-electron chi connectivity index (χ0n) is 53.8. The summed E-state index contributed by atoms with van der Waals surface area (Å²) in [6, 6.07) is 0. The van der Waals surface area contributed by atoms with E-state index in [1.54, 1.807) is 0 Å². The van der Waals surface area contributed by atoms with Gasteiger partial charge in [-0.1, -0.05) is 311 Å². The third-order valence-electron chi connectivity index (χ3n) is 13.9. The molecule has 0 fully saturated rings. The van der Waals surface area contributed by atoms with Crippen molar-refractivity contribution in [1.82, 2.24) is 0 Å². The lowest BCUT2D eigenvalue weighted by molar-refractivity contribution is -0.161. The van der Waals surface area contributed by atoms with Gasteiger partial charge in [-0.25, -0.2) is 0 Å². The fraction of sp³-hybridized carbons (Fsp3) is 0.570. The van der Waals surface area contributed by atoms with Crippen molar-refractivity contribution in [3.63, 3.8) is 0 Å². The number of esters is 2. The molecular formula is C79H124O5. The van der Waals surface area contributed by atoms with E-state index >= 15 is 0 Å². The summed E-state index contributed by atoms with van der Waals surface area (Å²) < 4.78 is 10.7. The number of allylic oxidation sites excluding steroid dienone is 32. The Morgan fingerprint density at radius 2 is 0.476 bits per heavy atom. The second kappa shape index (κ2) is 72.0. The standard InChI is InChI=1S/C79H124O5/c1-3-5-7-9-11-13-15-17-19-21-23-25-27-29-31-33-35-36-37-38-39-40-41-42-44-46-48-50-52-54-56-58-60-62-64-66-68-70-72-74-79(82)84-77(75-80)76-83-78(81)73-71-69-67-65-63-61-59-57-55-53-51-49-47-45-43-34-32-30-28-26-24-22-20-18-16-14-12-10-8-6-4-2/h5-8,11-14,17-20,23-26,29-32,35-36,38-39,41-43,45-46,48,52,54,77,80H,3-4,9-10,15-16,21-22,27-28,33-34,37,40,44,47,49-51,53,55-76H2,1-2H3/b7-5-,8-6-,13-11-,14-12-,19-17-,20-18-,25-23-,26-24-,31-29-,32-30-,36-35-,39-38-,42-41-,45-43-,48-46-,54-52-. The van der Waals surface area contributed by atoms with Crippen LogP contribution in [-0.4, -0.2) is 36.4 Å². The van der Waals surface area contributed by atoms with E-state index in [4.69, 9.17) is 9.47 Å². The number of hydrogen-bond acceptors (Lipinski definition) is 5. The fourth-order valence-electron chi connectivity index (χ4n) is 8.88. The highest BCUT2D eigenvalue weighted by Crippen LogP contribution is 2.15. The van der Waals surface area contributed by atoms with Gasteiger partial charge in [0.05, 0.1) is 6.61 Å². The summed E-state index contributed by atoms with van der Waals surface area (Å²) in [7, 11) is 0. The number of aliphatic hydroxyl groups excluding tert-OH is 1. The highest BCUT2D eigenvalue weighted by molar-refractivity contribution is 5.70. The van der Waals surface area contributed by atoms with Crippen LogP contribution in [0.1, 0.15) is 271 Å². The number of ether oxygens (including phenoxy) is 2. The summed E-state index contributed by atoms with van der Waals surface area (Å²) in [5, 5.41) is 9.70. The fourth-order valence-corrected chi connectivity index (χ4v) is 8.88. The van der Waals surface area contributed by atoms with E-state index in [1.807, 2.05) is 0 Å². The Bertz CT molecular complexity index is 1930. The zero-order chi connectivity index (χ0) is 60.5. The van der Waals surface area contributed by atoms with E-state index in [9.17, 15) is 14.7 Å². The minimum Gasteiger partial charge on any atom is -0.462 e. The number of unbranched alkanes of at least 4 members (excludes halogenated alkanes) is 20. The van der Waals surface area contributed by atoms with Crippen LogP contribution >= 0.6 is 0 Å². The Hall–Kier alpha value is -5.26. The van der Waals surface area contributed by atoms with Crippen LogP contribution in [0, 0.1) is 0 Å². The van der Waals surface area contributed by atoms with E-state index < -0.39 is 6.10 Å². The molecule has 0 bridgehead atoms. The monoisotopic (exact) mass is 1150 g/mol. The third-order valence-corrected chi connectivity index (χ3v) is 13.9. The van der Waals surface area contributed by atoms with Gasteiger partial charge in [0, 0.05) is 12.8 Å². The molecule has 0 aromatic heterocycles. The van der Waals surface area contributed by atoms with Gasteiger partial charge in [0.15, 0.2) is 6.10 Å². The van der Waals surface area contributed by atoms with Crippen LogP contribution in [0.15, 0.2) is 194 Å². The second-order valence-electron chi connectivity index (χ2n) is 21.8. The van der Waals surface area contributed by atoms with Crippen LogP contribution in [0.2, 0.25) is 0 Å². The van der Waals surface area contributed by atoms with Crippen molar-refractivity contribution in [2.24, 2.45) is 0 Å². The summed E-state index contributed by atoms with van der Waals surface area (Å²) in [5.74, 6) is -0.611. The first-order chi connectivity index (χ1) is 41.6. The third kappa shape index (κ3) is 69.2. The average molecular weight is 1150 g/mol. The van der Waals surface area contributed by atoms with Gasteiger partial charge in [-0.15, -0.1) is 0 Å². The first kappa shape index (κ1) is 78.7. The molecule has 470 valence electrons. The van der Waals surface area contributed by atoms with Gasteiger partial charge < -0.3 is 14.6 Å². The molecule has 0 aliphatic carbocycles. The van der Waals surface area contributed by atoms with E-state index in [-0.39, 0.29) is 25.2 Å². The molecule has 84 heavy (non-hydrogen) atoms. The minimum atomic E-state index is -0.793. The zero-order valence-corrected chi connectivity index (χ0v) is 53.8. The van der Waals surface area contributed by atoms with Crippen molar-refractivity contribution < 1.29 is 24.2 Å². The summed E-state index contributed by atoms with van der Waals surface area (Å²) in [6.45, 7) is 3.90. The maximum absolute atomic E-state index is 12.4. The van der Waals surface area contributed by atoms with Crippen molar-refractivity contribution in [3.05, 3.63) is 194 Å². The van der Waals surface area contributed by atoms with Crippen LogP contribution in [0.4, 0.5) is 0 Å². The average Bonchev–Trinajstić information content (AvgIpc) is 3.51. The second-order valence-corrected chi connectivity index (χ2v) is 21.8. The first-order valence-electron chi connectivity index (χ1n) is 34.0. The summed E-state index contributed by atoms with van der Waals surface area (Å²) in [4.78, 5) is 24.6. The van der Waals surface area contributed by atoms with Crippen LogP contribution in [0.5, 0.6) is 0 Å². The van der Waals surface area contributed by atoms with Crippen LogP contribution in [0.3, 0.4) is 0 Å². The normalized spacial score (nSPS) is 13.5. The highest BCUT2D eigenvalue weighted by Gasteiger charge is 2.16. The molecule has 5 heteroatoms. The minimum absolute atomic E-state index is 0.0814. The molecule has 0 aliphatic heterocycles. The van der Waals surface area contributed by atoms with Gasteiger partial charge in [0.1, 0.15) is 6.61 Å². The summed E-state index contributed by atoms with van der Waals surface area (Å²) >= 11 is 0. The van der Waals surface area contributed by atoms with Gasteiger partial charge in [-0.2, -0.15) is 0 Å². The Balaban J connectivity index is 3.60. The van der Waals surface area contributed by atoms with E-state index in [2.05, 4.69) is 208 Å². The maximum Gasteiger partial charge on any atom is 0.306 e. The maximum atomic E-state index is 12.4. The van der Waals surface area contributed by atoms with Crippen molar-refractivity contribution in [3.8, 4) is 0 Å². The quantitative estimate of drug-likeness (QED) is 0.0373. The predicted molar refractivity (Wildman–Crippen MR) is 370 cm³/mol. The number of rotatable bonds is 60. The van der Waals surface area contributed by atoms with E-state index in [0.29, 0.717) is 12.8 Å². The molecule has 0 radical (unpaired) electrons. The molecule has 0 heterocycles. The number of carbonyl (C=O) groups is 2. The topological polar surface area (TPSA) is 72.8 Å². The first-order valence-corrected chi connectivity index (χ1v) is 34.0. The smallest absolute Gasteiger partial charge is 0.306 e. The molecule has 0 amide bonds. The predicted octanol–water partition coefficient (Wildman–Crippen LogP) is 24.0. The molecule has 1 N–H and O–H groups in total. The van der Waals surface area contributed by atoms with Gasteiger partial charge in [0.25, 0.3) is 0 Å². The van der Waals surface area contributed by atoms with Gasteiger partial charge >= 0.3 is 11.9 Å². The summed E-state index contributed by atoms with van der Waals surface area (Å²) in [6.07, 6.45) is 114. The Kier molecular flexibility index (Phi) is 67.5. The van der Waals surface area contributed by atoms with Crippen LogP contribution < -0.4 is 0 Å². The highest BCUT2D eigenvalue weighted by atomic mass is 16.6. The lowest BCUT2D eigenvalue weighted by atomic mass is 10.0. The number of aliphatic hydroxyl groups is 1. The van der Waals surface area contributed by atoms with Crippen molar-refractivity contribution in [2.45, 2.75) is 277 Å².